The molecule has 0 aromatic carbocycles. The molecule has 2 N–H and O–H groups in total. The first-order chi connectivity index (χ1) is 8.09. The van der Waals surface area contributed by atoms with Crippen molar-refractivity contribution in [2.45, 2.75) is 58.2 Å². The number of rotatable bonds is 6. The second-order valence-corrected chi connectivity index (χ2v) is 5.16. The zero-order chi connectivity index (χ0) is 12.7. The lowest BCUT2D eigenvalue weighted by atomic mass is 9.89. The van der Waals surface area contributed by atoms with Gasteiger partial charge in [-0.25, -0.2) is 4.79 Å². The molecule has 1 rings (SSSR count). The van der Waals surface area contributed by atoms with Gasteiger partial charge in [0.2, 0.25) is 0 Å². The van der Waals surface area contributed by atoms with E-state index in [0.717, 1.165) is 6.54 Å². The molecule has 0 aromatic heterocycles. The van der Waals surface area contributed by atoms with E-state index in [2.05, 4.69) is 5.32 Å². The van der Waals surface area contributed by atoms with E-state index in [1.807, 2.05) is 0 Å². The highest BCUT2D eigenvalue weighted by Crippen LogP contribution is 2.22. The Hall–Kier alpha value is -0.610. The summed E-state index contributed by atoms with van der Waals surface area (Å²) >= 11 is 0. The largest absolute Gasteiger partial charge is 0.461 e. The lowest BCUT2D eigenvalue weighted by molar-refractivity contribution is -0.157. The van der Waals surface area contributed by atoms with Crippen LogP contribution in [0, 0.1) is 5.92 Å². The van der Waals surface area contributed by atoms with Crippen LogP contribution < -0.4 is 5.32 Å². The van der Waals surface area contributed by atoms with E-state index < -0.39 is 12.1 Å². The Morgan fingerprint density at radius 3 is 2.59 bits per heavy atom. The van der Waals surface area contributed by atoms with Gasteiger partial charge in [-0.2, -0.15) is 0 Å². The number of ether oxygens (including phenoxy) is 1. The average molecular weight is 243 g/mol. The van der Waals surface area contributed by atoms with Crippen molar-refractivity contribution in [3.63, 3.8) is 0 Å². The van der Waals surface area contributed by atoms with Crippen molar-refractivity contribution in [1.82, 2.24) is 5.32 Å². The fourth-order valence-corrected chi connectivity index (χ4v) is 2.21. The molecule has 17 heavy (non-hydrogen) atoms. The van der Waals surface area contributed by atoms with Crippen LogP contribution in [0.4, 0.5) is 0 Å². The summed E-state index contributed by atoms with van der Waals surface area (Å²) in [5, 5.41) is 12.7. The molecule has 4 heteroatoms. The Bertz CT molecular complexity index is 225. The number of esters is 1. The number of aliphatic hydroxyl groups excluding tert-OH is 1. The normalized spacial score (nSPS) is 19.3. The lowest BCUT2D eigenvalue weighted by Crippen LogP contribution is -2.37. The van der Waals surface area contributed by atoms with Gasteiger partial charge in [0.25, 0.3) is 0 Å². The summed E-state index contributed by atoms with van der Waals surface area (Å²) in [7, 11) is 0. The Kier molecular flexibility index (Phi) is 6.52. The maximum Gasteiger partial charge on any atom is 0.336 e. The Morgan fingerprint density at radius 1 is 1.35 bits per heavy atom. The minimum Gasteiger partial charge on any atom is -0.461 e. The second kappa shape index (κ2) is 7.67. The van der Waals surface area contributed by atoms with Crippen molar-refractivity contribution in [2.24, 2.45) is 5.92 Å². The molecule has 1 aliphatic carbocycles. The van der Waals surface area contributed by atoms with E-state index in [9.17, 15) is 9.90 Å². The smallest absolute Gasteiger partial charge is 0.336 e. The quantitative estimate of drug-likeness (QED) is 0.694. The third kappa shape index (κ3) is 6.03. The first kappa shape index (κ1) is 14.5. The SMILES string of the molecule is CC(C)OC(=O)C(O)CNCC1CCCCC1. The second-order valence-electron chi connectivity index (χ2n) is 5.16. The van der Waals surface area contributed by atoms with Crippen molar-refractivity contribution in [1.29, 1.82) is 0 Å². The van der Waals surface area contributed by atoms with Crippen LogP contribution in [0.25, 0.3) is 0 Å². The maximum absolute atomic E-state index is 11.3. The number of carbonyl (C=O) groups is 1. The third-order valence-corrected chi connectivity index (χ3v) is 3.12. The number of hydrogen-bond donors (Lipinski definition) is 2. The average Bonchev–Trinajstić information content (AvgIpc) is 2.29. The number of nitrogens with one attached hydrogen (secondary N) is 1. The van der Waals surface area contributed by atoms with Crippen LogP contribution in [-0.4, -0.2) is 36.4 Å². The Balaban J connectivity index is 2.10. The highest BCUT2D eigenvalue weighted by atomic mass is 16.6. The van der Waals surface area contributed by atoms with Crippen LogP contribution in [-0.2, 0) is 9.53 Å². The van der Waals surface area contributed by atoms with Crippen molar-refractivity contribution >= 4 is 5.97 Å². The van der Waals surface area contributed by atoms with Gasteiger partial charge in [0.15, 0.2) is 6.10 Å². The molecule has 0 spiro atoms. The van der Waals surface area contributed by atoms with Crippen LogP contribution in [0.2, 0.25) is 0 Å². The van der Waals surface area contributed by atoms with Gasteiger partial charge in [-0.15, -0.1) is 0 Å². The first-order valence-corrected chi connectivity index (χ1v) is 6.69. The third-order valence-electron chi connectivity index (χ3n) is 3.12. The van der Waals surface area contributed by atoms with Crippen molar-refractivity contribution in [3.8, 4) is 0 Å². The standard InChI is InChI=1S/C13H25NO3/c1-10(2)17-13(16)12(15)9-14-8-11-6-4-3-5-7-11/h10-12,14-15H,3-9H2,1-2H3. The van der Waals surface area contributed by atoms with Crippen molar-refractivity contribution in [2.75, 3.05) is 13.1 Å². The minimum absolute atomic E-state index is 0.171. The van der Waals surface area contributed by atoms with E-state index in [1.165, 1.54) is 32.1 Å². The Labute approximate surface area is 104 Å². The van der Waals surface area contributed by atoms with Gasteiger partial charge in [-0.3, -0.25) is 0 Å². The van der Waals surface area contributed by atoms with Crippen molar-refractivity contribution < 1.29 is 14.6 Å². The molecule has 1 unspecified atom stereocenters. The summed E-state index contributed by atoms with van der Waals surface area (Å²) in [4.78, 5) is 11.3. The predicted octanol–water partition coefficient (Wildman–Crippen LogP) is 1.47. The number of carbonyl (C=O) groups excluding carboxylic acids is 1. The summed E-state index contributed by atoms with van der Waals surface area (Å²) in [6.07, 6.45) is 5.28. The molecule has 0 aromatic rings. The van der Waals surface area contributed by atoms with Crippen molar-refractivity contribution in [3.05, 3.63) is 0 Å². The molecule has 1 saturated carbocycles. The van der Waals surface area contributed by atoms with E-state index in [0.29, 0.717) is 12.5 Å². The molecule has 0 radical (unpaired) electrons. The molecule has 1 atom stereocenters. The number of aliphatic hydroxyl groups is 1. The molecule has 0 aliphatic heterocycles. The molecule has 0 amide bonds. The predicted molar refractivity (Wildman–Crippen MR) is 66.7 cm³/mol. The number of hydrogen-bond acceptors (Lipinski definition) is 4. The topological polar surface area (TPSA) is 58.6 Å². The molecule has 1 fully saturated rings. The van der Waals surface area contributed by atoms with Crippen LogP contribution in [0.15, 0.2) is 0 Å². The van der Waals surface area contributed by atoms with Gasteiger partial charge >= 0.3 is 5.97 Å². The van der Waals surface area contributed by atoms with Crippen LogP contribution in [0.1, 0.15) is 46.0 Å². The zero-order valence-corrected chi connectivity index (χ0v) is 10.9. The molecule has 0 saturated heterocycles. The van der Waals surface area contributed by atoms with E-state index in [1.54, 1.807) is 13.8 Å². The summed E-state index contributed by atoms with van der Waals surface area (Å²) in [6, 6.07) is 0. The highest BCUT2D eigenvalue weighted by Gasteiger charge is 2.18. The van der Waals surface area contributed by atoms with Gasteiger partial charge < -0.3 is 15.2 Å². The van der Waals surface area contributed by atoms with E-state index in [-0.39, 0.29) is 6.10 Å². The molecule has 100 valence electrons. The Morgan fingerprint density at radius 2 is 2.00 bits per heavy atom. The molecular weight excluding hydrogens is 218 g/mol. The maximum atomic E-state index is 11.3. The van der Waals surface area contributed by atoms with E-state index >= 15 is 0 Å². The van der Waals surface area contributed by atoms with Gasteiger partial charge in [0, 0.05) is 6.54 Å². The minimum atomic E-state index is -1.04. The van der Waals surface area contributed by atoms with Crippen LogP contribution in [0.3, 0.4) is 0 Å². The molecule has 0 heterocycles. The molecular formula is C13H25NO3. The summed E-state index contributed by atoms with van der Waals surface area (Å²) in [5.74, 6) is 0.174. The summed E-state index contributed by atoms with van der Waals surface area (Å²) < 4.78 is 4.93. The first-order valence-electron chi connectivity index (χ1n) is 6.69. The summed E-state index contributed by atoms with van der Waals surface area (Å²) in [5.41, 5.74) is 0. The van der Waals surface area contributed by atoms with Crippen LogP contribution >= 0.6 is 0 Å². The van der Waals surface area contributed by atoms with Gasteiger partial charge in [-0.1, -0.05) is 19.3 Å². The molecule has 0 bridgehead atoms. The zero-order valence-electron chi connectivity index (χ0n) is 10.9. The van der Waals surface area contributed by atoms with Gasteiger partial charge in [0.1, 0.15) is 0 Å². The monoisotopic (exact) mass is 243 g/mol. The van der Waals surface area contributed by atoms with E-state index in [4.69, 9.17) is 4.74 Å². The van der Waals surface area contributed by atoms with Gasteiger partial charge in [-0.05, 0) is 39.2 Å². The van der Waals surface area contributed by atoms with Crippen LogP contribution in [0.5, 0.6) is 0 Å². The van der Waals surface area contributed by atoms with Gasteiger partial charge in [0.05, 0.1) is 6.10 Å². The fourth-order valence-electron chi connectivity index (χ4n) is 2.21. The lowest BCUT2D eigenvalue weighted by Gasteiger charge is -2.22. The fraction of sp³-hybridized carbons (Fsp3) is 0.923. The highest BCUT2D eigenvalue weighted by molar-refractivity contribution is 5.74. The molecule has 4 nitrogen and oxygen atoms in total. The summed E-state index contributed by atoms with van der Waals surface area (Å²) in [6.45, 7) is 4.74. The molecule has 1 aliphatic rings.